The third kappa shape index (κ3) is 3.60. The summed E-state index contributed by atoms with van der Waals surface area (Å²) in [7, 11) is 0. The van der Waals surface area contributed by atoms with Crippen molar-refractivity contribution in [3.8, 4) is 5.75 Å². The molecule has 2 aromatic rings. The van der Waals surface area contributed by atoms with Gasteiger partial charge in [0.25, 0.3) is 5.91 Å². The molecule has 4 N–H and O–H groups in total. The molecule has 0 fully saturated rings. The highest BCUT2D eigenvalue weighted by atomic mass is 16.5. The fraction of sp³-hybridized carbons (Fsp3) is 0.267. The van der Waals surface area contributed by atoms with Crippen molar-refractivity contribution in [3.05, 3.63) is 41.7 Å². The molecule has 1 aromatic carbocycles. The molecule has 0 radical (unpaired) electrons. The Kier molecular flexibility index (Phi) is 4.13. The standard InChI is InChI=1S/C15H17N5O3/c1-9(18-15(22)16-7-11-4-5-17-20-11)10-2-3-13-12(6-10)19-14(21)8-23-13/h2-6,9H,7-8H2,1H3,(H,17,20)(H,19,21)(H2,16,18,22)/t9-/m1/s1. The van der Waals surface area contributed by atoms with Gasteiger partial charge in [0.05, 0.1) is 24.0 Å². The van der Waals surface area contributed by atoms with Crippen LogP contribution in [0.4, 0.5) is 10.5 Å². The molecule has 1 aromatic heterocycles. The van der Waals surface area contributed by atoms with Crippen molar-refractivity contribution in [2.45, 2.75) is 19.5 Å². The van der Waals surface area contributed by atoms with Crippen molar-refractivity contribution in [2.75, 3.05) is 11.9 Å². The Labute approximate surface area is 132 Å². The van der Waals surface area contributed by atoms with Crippen molar-refractivity contribution >= 4 is 17.6 Å². The van der Waals surface area contributed by atoms with Crippen LogP contribution in [0.3, 0.4) is 0 Å². The number of carbonyl (C=O) groups excluding carboxylic acids is 2. The van der Waals surface area contributed by atoms with Crippen LogP contribution < -0.4 is 20.7 Å². The molecule has 0 saturated carbocycles. The molecule has 8 heteroatoms. The maximum absolute atomic E-state index is 11.9. The van der Waals surface area contributed by atoms with Crippen molar-refractivity contribution < 1.29 is 14.3 Å². The number of carbonyl (C=O) groups is 2. The maximum atomic E-state index is 11.9. The van der Waals surface area contributed by atoms with E-state index in [1.54, 1.807) is 24.4 Å². The van der Waals surface area contributed by atoms with Gasteiger partial charge in [-0.05, 0) is 30.7 Å². The predicted octanol–water partition coefficient (Wildman–Crippen LogP) is 1.30. The molecule has 120 valence electrons. The fourth-order valence-corrected chi connectivity index (χ4v) is 2.26. The van der Waals surface area contributed by atoms with E-state index in [1.165, 1.54) is 0 Å². The van der Waals surface area contributed by atoms with Gasteiger partial charge in [-0.3, -0.25) is 9.89 Å². The number of aromatic amines is 1. The van der Waals surface area contributed by atoms with Gasteiger partial charge in [-0.25, -0.2) is 4.79 Å². The zero-order chi connectivity index (χ0) is 16.2. The van der Waals surface area contributed by atoms with Crippen LogP contribution in [-0.4, -0.2) is 28.7 Å². The summed E-state index contributed by atoms with van der Waals surface area (Å²) >= 11 is 0. The lowest BCUT2D eigenvalue weighted by Gasteiger charge is -2.21. The molecule has 1 atom stereocenters. The molecule has 0 unspecified atom stereocenters. The minimum absolute atomic E-state index is 0.0240. The first-order valence-corrected chi connectivity index (χ1v) is 7.21. The molecule has 1 aliphatic rings. The highest BCUT2D eigenvalue weighted by Gasteiger charge is 2.18. The van der Waals surface area contributed by atoms with Gasteiger partial charge in [0.2, 0.25) is 0 Å². The third-order valence-corrected chi connectivity index (χ3v) is 3.48. The number of aromatic nitrogens is 2. The van der Waals surface area contributed by atoms with Crippen molar-refractivity contribution in [1.82, 2.24) is 20.8 Å². The van der Waals surface area contributed by atoms with E-state index in [1.807, 2.05) is 13.0 Å². The molecule has 0 spiro atoms. The Hall–Kier alpha value is -3.03. The van der Waals surface area contributed by atoms with Crippen LogP contribution >= 0.6 is 0 Å². The second-order valence-electron chi connectivity index (χ2n) is 5.22. The number of rotatable bonds is 4. The Morgan fingerprint density at radius 3 is 3.09 bits per heavy atom. The van der Waals surface area contributed by atoms with Gasteiger partial charge in [0.1, 0.15) is 5.75 Å². The van der Waals surface area contributed by atoms with Crippen LogP contribution in [0.2, 0.25) is 0 Å². The summed E-state index contributed by atoms with van der Waals surface area (Å²) in [5.41, 5.74) is 2.30. The average Bonchev–Trinajstić information content (AvgIpc) is 3.05. The summed E-state index contributed by atoms with van der Waals surface area (Å²) in [4.78, 5) is 23.3. The number of amides is 3. The number of fused-ring (bicyclic) bond motifs is 1. The van der Waals surface area contributed by atoms with E-state index in [0.29, 0.717) is 18.0 Å². The average molecular weight is 315 g/mol. The summed E-state index contributed by atoms with van der Waals surface area (Å²) in [5.74, 6) is 0.441. The number of anilines is 1. The van der Waals surface area contributed by atoms with Crippen molar-refractivity contribution in [2.24, 2.45) is 0 Å². The van der Waals surface area contributed by atoms with E-state index >= 15 is 0 Å². The van der Waals surface area contributed by atoms with Crippen LogP contribution in [0.5, 0.6) is 5.75 Å². The minimum Gasteiger partial charge on any atom is -0.482 e. The molecule has 1 aliphatic heterocycles. The quantitative estimate of drug-likeness (QED) is 0.682. The predicted molar refractivity (Wildman–Crippen MR) is 82.9 cm³/mol. The number of nitrogens with one attached hydrogen (secondary N) is 4. The van der Waals surface area contributed by atoms with Gasteiger partial charge in [-0.1, -0.05) is 6.07 Å². The minimum atomic E-state index is -0.287. The number of nitrogens with zero attached hydrogens (tertiary/aromatic N) is 1. The molecule has 3 rings (SSSR count). The van der Waals surface area contributed by atoms with Gasteiger partial charge in [0.15, 0.2) is 6.61 Å². The molecule has 0 bridgehead atoms. The van der Waals surface area contributed by atoms with Gasteiger partial charge in [-0.2, -0.15) is 5.10 Å². The lowest BCUT2D eigenvalue weighted by molar-refractivity contribution is -0.118. The van der Waals surface area contributed by atoms with E-state index in [-0.39, 0.29) is 24.6 Å². The largest absolute Gasteiger partial charge is 0.482 e. The Balaban J connectivity index is 1.59. The normalized spacial score (nSPS) is 14.2. The van der Waals surface area contributed by atoms with Gasteiger partial charge >= 0.3 is 6.03 Å². The first kappa shape index (κ1) is 14.9. The monoisotopic (exact) mass is 315 g/mol. The summed E-state index contributed by atoms with van der Waals surface area (Å²) in [6.45, 7) is 2.26. The number of urea groups is 1. The van der Waals surface area contributed by atoms with Crippen LogP contribution in [0.15, 0.2) is 30.5 Å². The maximum Gasteiger partial charge on any atom is 0.315 e. The third-order valence-electron chi connectivity index (χ3n) is 3.48. The molecule has 0 saturated heterocycles. The molecular weight excluding hydrogens is 298 g/mol. The Morgan fingerprint density at radius 2 is 2.30 bits per heavy atom. The Morgan fingerprint density at radius 1 is 1.43 bits per heavy atom. The van der Waals surface area contributed by atoms with Crippen LogP contribution in [0.25, 0.3) is 0 Å². The number of hydrogen-bond donors (Lipinski definition) is 4. The molecule has 2 heterocycles. The van der Waals surface area contributed by atoms with Crippen LogP contribution in [0.1, 0.15) is 24.2 Å². The van der Waals surface area contributed by atoms with E-state index in [4.69, 9.17) is 4.74 Å². The van der Waals surface area contributed by atoms with Crippen LogP contribution in [0, 0.1) is 0 Å². The first-order valence-electron chi connectivity index (χ1n) is 7.21. The molecule has 23 heavy (non-hydrogen) atoms. The second kappa shape index (κ2) is 6.39. The van der Waals surface area contributed by atoms with E-state index in [0.717, 1.165) is 11.3 Å². The molecule has 3 amide bonds. The van der Waals surface area contributed by atoms with Crippen LogP contribution in [-0.2, 0) is 11.3 Å². The summed E-state index contributed by atoms with van der Waals surface area (Å²) in [6.07, 6.45) is 1.63. The molecule has 0 aliphatic carbocycles. The SMILES string of the molecule is C[C@@H](NC(=O)NCc1ccn[nH]1)c1ccc2c(c1)NC(=O)CO2. The van der Waals surface area contributed by atoms with Gasteiger partial charge in [0, 0.05) is 6.20 Å². The second-order valence-corrected chi connectivity index (χ2v) is 5.22. The van der Waals surface area contributed by atoms with E-state index in [9.17, 15) is 9.59 Å². The summed E-state index contributed by atoms with van der Waals surface area (Å²) in [6, 6.07) is 6.72. The van der Waals surface area contributed by atoms with E-state index in [2.05, 4.69) is 26.1 Å². The fourth-order valence-electron chi connectivity index (χ4n) is 2.26. The molecular formula is C15H17N5O3. The number of benzene rings is 1. The highest BCUT2D eigenvalue weighted by molar-refractivity contribution is 5.95. The number of H-pyrrole nitrogens is 1. The summed E-state index contributed by atoms with van der Waals surface area (Å²) < 4.78 is 5.31. The lowest BCUT2D eigenvalue weighted by atomic mass is 10.1. The number of ether oxygens (including phenoxy) is 1. The molecule has 8 nitrogen and oxygen atoms in total. The summed E-state index contributed by atoms with van der Waals surface area (Å²) in [5, 5.41) is 14.9. The smallest absolute Gasteiger partial charge is 0.315 e. The highest BCUT2D eigenvalue weighted by Crippen LogP contribution is 2.30. The van der Waals surface area contributed by atoms with Gasteiger partial charge < -0.3 is 20.7 Å². The zero-order valence-corrected chi connectivity index (χ0v) is 12.6. The topological polar surface area (TPSA) is 108 Å². The van der Waals surface area contributed by atoms with E-state index < -0.39 is 0 Å². The zero-order valence-electron chi connectivity index (χ0n) is 12.6. The number of hydrogen-bond acceptors (Lipinski definition) is 4. The van der Waals surface area contributed by atoms with Crippen molar-refractivity contribution in [3.63, 3.8) is 0 Å². The lowest BCUT2D eigenvalue weighted by Crippen LogP contribution is -2.36. The van der Waals surface area contributed by atoms with Gasteiger partial charge in [-0.15, -0.1) is 0 Å². The Bertz CT molecular complexity index is 714. The first-order chi connectivity index (χ1) is 11.1. The van der Waals surface area contributed by atoms with Crippen molar-refractivity contribution in [1.29, 1.82) is 0 Å².